The van der Waals surface area contributed by atoms with Crippen LogP contribution in [0.4, 0.5) is 0 Å². The molecule has 1 aromatic heterocycles. The number of rotatable bonds is 4. The minimum absolute atomic E-state index is 0.0530. The summed E-state index contributed by atoms with van der Waals surface area (Å²) in [5.74, 6) is 0.290. The summed E-state index contributed by atoms with van der Waals surface area (Å²) in [7, 11) is 0. The van der Waals surface area contributed by atoms with E-state index in [-0.39, 0.29) is 11.5 Å². The Bertz CT molecular complexity index is 496. The number of hydrogen-bond donors (Lipinski definition) is 1. The van der Waals surface area contributed by atoms with E-state index in [0.717, 1.165) is 32.2 Å². The Balaban J connectivity index is 1.71. The molecule has 1 atom stereocenters. The predicted molar refractivity (Wildman–Crippen MR) is 87.1 cm³/mol. The molecule has 4 nitrogen and oxygen atoms in total. The summed E-state index contributed by atoms with van der Waals surface area (Å²) in [6, 6.07) is 4.25. The van der Waals surface area contributed by atoms with Crippen molar-refractivity contribution in [3.8, 4) is 0 Å². The van der Waals surface area contributed by atoms with Gasteiger partial charge in [0.1, 0.15) is 0 Å². The molecule has 1 aromatic rings. The molecule has 2 fully saturated rings. The molecule has 1 amide bonds. The maximum atomic E-state index is 12.9. The lowest BCUT2D eigenvalue weighted by Gasteiger charge is -2.37. The van der Waals surface area contributed by atoms with Crippen LogP contribution in [-0.2, 0) is 4.79 Å². The fourth-order valence-corrected chi connectivity index (χ4v) is 4.16. The van der Waals surface area contributed by atoms with Crippen LogP contribution in [0.1, 0.15) is 63.0 Å². The molecule has 1 aliphatic carbocycles. The Kier molecular flexibility index (Phi) is 4.77. The lowest BCUT2D eigenvalue weighted by Crippen LogP contribution is -2.40. The van der Waals surface area contributed by atoms with Crippen LogP contribution in [0.5, 0.6) is 0 Å². The Morgan fingerprint density at radius 1 is 1.32 bits per heavy atom. The van der Waals surface area contributed by atoms with Gasteiger partial charge in [-0.1, -0.05) is 25.3 Å². The summed E-state index contributed by atoms with van der Waals surface area (Å²) >= 11 is 0. The second kappa shape index (κ2) is 6.78. The summed E-state index contributed by atoms with van der Waals surface area (Å²) in [6.07, 6.45) is 12.4. The normalized spacial score (nSPS) is 24.4. The van der Waals surface area contributed by atoms with Gasteiger partial charge in [-0.3, -0.25) is 9.78 Å². The highest BCUT2D eigenvalue weighted by molar-refractivity contribution is 5.78. The molecule has 2 N–H and O–H groups in total. The highest BCUT2D eigenvalue weighted by atomic mass is 16.2. The van der Waals surface area contributed by atoms with E-state index in [2.05, 4.69) is 16.0 Å². The maximum Gasteiger partial charge on any atom is 0.223 e. The van der Waals surface area contributed by atoms with E-state index in [4.69, 9.17) is 5.73 Å². The van der Waals surface area contributed by atoms with Gasteiger partial charge in [0.2, 0.25) is 5.91 Å². The fourth-order valence-electron chi connectivity index (χ4n) is 4.16. The van der Waals surface area contributed by atoms with E-state index in [1.54, 1.807) is 6.20 Å². The lowest BCUT2D eigenvalue weighted by atomic mass is 9.71. The molecule has 0 spiro atoms. The van der Waals surface area contributed by atoms with Gasteiger partial charge in [0.25, 0.3) is 0 Å². The Morgan fingerprint density at radius 3 is 2.82 bits per heavy atom. The van der Waals surface area contributed by atoms with Crippen molar-refractivity contribution < 1.29 is 4.79 Å². The van der Waals surface area contributed by atoms with E-state index in [9.17, 15) is 4.79 Å². The third-order valence-electron chi connectivity index (χ3n) is 5.52. The quantitative estimate of drug-likeness (QED) is 0.930. The minimum atomic E-state index is 0.0530. The van der Waals surface area contributed by atoms with Crippen molar-refractivity contribution in [1.82, 2.24) is 9.88 Å². The summed E-state index contributed by atoms with van der Waals surface area (Å²) in [6.45, 7) is 1.52. The molecule has 120 valence electrons. The van der Waals surface area contributed by atoms with Crippen LogP contribution >= 0.6 is 0 Å². The fraction of sp³-hybridized carbons (Fsp3) is 0.667. The molecular weight excluding hydrogens is 274 g/mol. The maximum absolute atomic E-state index is 12.9. The number of pyridine rings is 1. The molecule has 2 aliphatic rings. The second-order valence-electron chi connectivity index (χ2n) is 6.97. The van der Waals surface area contributed by atoms with E-state index in [0.29, 0.717) is 18.9 Å². The summed E-state index contributed by atoms with van der Waals surface area (Å²) in [5.41, 5.74) is 7.27. The van der Waals surface area contributed by atoms with E-state index in [1.165, 1.54) is 24.8 Å². The van der Waals surface area contributed by atoms with Crippen molar-refractivity contribution >= 4 is 5.91 Å². The molecule has 1 saturated carbocycles. The average molecular weight is 301 g/mol. The van der Waals surface area contributed by atoms with Crippen LogP contribution in [0.3, 0.4) is 0 Å². The number of nitrogens with zero attached hydrogens (tertiary/aromatic N) is 2. The number of carbonyl (C=O) groups excluding carboxylic acids is 1. The SMILES string of the molecule is NCC1(CC(=O)N2CCCC2c2cccnc2)CCCCC1. The van der Waals surface area contributed by atoms with Gasteiger partial charge in [-0.15, -0.1) is 0 Å². The number of carbonyl (C=O) groups is 1. The Morgan fingerprint density at radius 2 is 2.14 bits per heavy atom. The van der Waals surface area contributed by atoms with Gasteiger partial charge in [0.15, 0.2) is 0 Å². The highest BCUT2D eigenvalue weighted by Crippen LogP contribution is 2.40. The van der Waals surface area contributed by atoms with Gasteiger partial charge in [0.05, 0.1) is 6.04 Å². The summed E-state index contributed by atoms with van der Waals surface area (Å²) in [5, 5.41) is 0. The number of nitrogens with two attached hydrogens (primary N) is 1. The standard InChI is InChI=1S/C18H27N3O/c19-14-18(8-2-1-3-9-18)12-17(22)21-11-5-7-16(21)15-6-4-10-20-13-15/h4,6,10,13,16H,1-3,5,7-9,11-12,14,19H2. The molecule has 0 aromatic carbocycles. The van der Waals surface area contributed by atoms with E-state index < -0.39 is 0 Å². The number of likely N-dealkylation sites (tertiary alicyclic amines) is 1. The molecule has 2 heterocycles. The van der Waals surface area contributed by atoms with Crippen molar-refractivity contribution in [1.29, 1.82) is 0 Å². The largest absolute Gasteiger partial charge is 0.336 e. The van der Waals surface area contributed by atoms with Gasteiger partial charge in [-0.05, 0) is 49.3 Å². The molecule has 1 unspecified atom stereocenters. The van der Waals surface area contributed by atoms with Crippen LogP contribution in [-0.4, -0.2) is 28.9 Å². The van der Waals surface area contributed by atoms with Crippen LogP contribution in [0.15, 0.2) is 24.5 Å². The highest BCUT2D eigenvalue weighted by Gasteiger charge is 2.37. The van der Waals surface area contributed by atoms with Gasteiger partial charge in [0, 0.05) is 25.4 Å². The van der Waals surface area contributed by atoms with Crippen molar-refractivity contribution in [2.75, 3.05) is 13.1 Å². The molecule has 22 heavy (non-hydrogen) atoms. The van der Waals surface area contributed by atoms with Crippen molar-refractivity contribution in [3.05, 3.63) is 30.1 Å². The van der Waals surface area contributed by atoms with E-state index >= 15 is 0 Å². The van der Waals surface area contributed by atoms with Gasteiger partial charge in [-0.25, -0.2) is 0 Å². The first kappa shape index (κ1) is 15.5. The zero-order valence-corrected chi connectivity index (χ0v) is 13.3. The molecule has 1 aliphatic heterocycles. The average Bonchev–Trinajstić information content (AvgIpc) is 3.06. The monoisotopic (exact) mass is 301 g/mol. The van der Waals surface area contributed by atoms with Crippen molar-refractivity contribution in [2.24, 2.45) is 11.1 Å². The van der Waals surface area contributed by atoms with Gasteiger partial charge < -0.3 is 10.6 Å². The summed E-state index contributed by atoms with van der Waals surface area (Å²) in [4.78, 5) is 19.2. The topological polar surface area (TPSA) is 59.2 Å². The van der Waals surface area contributed by atoms with Crippen LogP contribution in [0, 0.1) is 5.41 Å². The molecular formula is C18H27N3O. The first-order valence-electron chi connectivity index (χ1n) is 8.64. The Labute approximate surface area is 133 Å². The number of amides is 1. The molecule has 1 saturated heterocycles. The second-order valence-corrected chi connectivity index (χ2v) is 6.97. The molecule has 0 radical (unpaired) electrons. The first-order chi connectivity index (χ1) is 10.7. The molecule has 4 heteroatoms. The zero-order valence-electron chi connectivity index (χ0n) is 13.3. The predicted octanol–water partition coefficient (Wildman–Crippen LogP) is 3.04. The molecule has 3 rings (SSSR count). The van der Waals surface area contributed by atoms with Crippen LogP contribution < -0.4 is 5.73 Å². The zero-order chi connectivity index (χ0) is 15.4. The Hall–Kier alpha value is -1.42. The third-order valence-corrected chi connectivity index (χ3v) is 5.52. The number of hydrogen-bond acceptors (Lipinski definition) is 3. The van der Waals surface area contributed by atoms with Crippen LogP contribution in [0.2, 0.25) is 0 Å². The van der Waals surface area contributed by atoms with Gasteiger partial charge >= 0.3 is 0 Å². The molecule has 0 bridgehead atoms. The van der Waals surface area contributed by atoms with Crippen LogP contribution in [0.25, 0.3) is 0 Å². The lowest BCUT2D eigenvalue weighted by molar-refractivity contribution is -0.135. The van der Waals surface area contributed by atoms with E-state index in [1.807, 2.05) is 12.3 Å². The van der Waals surface area contributed by atoms with Crippen molar-refractivity contribution in [3.63, 3.8) is 0 Å². The minimum Gasteiger partial charge on any atom is -0.336 e. The number of aromatic nitrogens is 1. The third kappa shape index (κ3) is 3.17. The van der Waals surface area contributed by atoms with Crippen molar-refractivity contribution in [2.45, 2.75) is 57.4 Å². The first-order valence-corrected chi connectivity index (χ1v) is 8.64. The smallest absolute Gasteiger partial charge is 0.223 e. The van der Waals surface area contributed by atoms with Gasteiger partial charge in [-0.2, -0.15) is 0 Å². The summed E-state index contributed by atoms with van der Waals surface area (Å²) < 4.78 is 0.